The highest BCUT2D eigenvalue weighted by molar-refractivity contribution is 6.05. The molecule has 3 aromatic rings. The lowest BCUT2D eigenvalue weighted by Crippen LogP contribution is -2.58. The Labute approximate surface area is 143 Å². The van der Waals surface area contributed by atoms with E-state index < -0.39 is 0 Å². The number of para-hydroxylation sites is 1. The number of hydrogen-bond acceptors (Lipinski definition) is 2. The summed E-state index contributed by atoms with van der Waals surface area (Å²) in [6.07, 6.45) is 4.88. The summed E-state index contributed by atoms with van der Waals surface area (Å²) in [7, 11) is 2.20. The zero-order valence-electron chi connectivity index (χ0n) is 14.6. The molecule has 2 nitrogen and oxygen atoms in total. The lowest BCUT2D eigenvalue weighted by Gasteiger charge is -2.57. The van der Waals surface area contributed by atoms with E-state index >= 15 is 0 Å². The molecule has 0 atom stereocenters. The van der Waals surface area contributed by atoms with Crippen molar-refractivity contribution in [3.05, 3.63) is 54.1 Å². The van der Waals surface area contributed by atoms with Crippen LogP contribution < -0.4 is 0 Å². The third-order valence-corrected chi connectivity index (χ3v) is 6.61. The maximum atomic E-state index is 6.15. The molecular formula is C22H23NO. The fourth-order valence-electron chi connectivity index (χ4n) is 4.84. The molecule has 2 saturated heterocycles. The quantitative estimate of drug-likeness (QED) is 0.593. The minimum atomic E-state index is 0.0593. The van der Waals surface area contributed by atoms with Gasteiger partial charge in [0.25, 0.3) is 0 Å². The Morgan fingerprint density at radius 1 is 1.00 bits per heavy atom. The maximum Gasteiger partial charge on any atom is 0.135 e. The molecule has 1 saturated carbocycles. The molecule has 2 radical (unpaired) electrons. The second-order valence-electron chi connectivity index (χ2n) is 8.01. The highest BCUT2D eigenvalue weighted by Crippen LogP contribution is 2.54. The molecule has 2 bridgehead atoms. The Morgan fingerprint density at radius 2 is 1.75 bits per heavy atom. The van der Waals surface area contributed by atoms with Gasteiger partial charge in [-0.1, -0.05) is 18.2 Å². The van der Waals surface area contributed by atoms with E-state index in [1.165, 1.54) is 47.6 Å². The van der Waals surface area contributed by atoms with Gasteiger partial charge in [0, 0.05) is 21.7 Å². The van der Waals surface area contributed by atoms with E-state index in [4.69, 9.17) is 4.42 Å². The van der Waals surface area contributed by atoms with Crippen LogP contribution in [0.3, 0.4) is 0 Å². The Kier molecular flexibility index (Phi) is 2.81. The molecule has 0 amide bonds. The summed E-state index contributed by atoms with van der Waals surface area (Å²) >= 11 is 0. The summed E-state index contributed by atoms with van der Waals surface area (Å²) in [5, 5.41) is 2.44. The zero-order chi connectivity index (χ0) is 16.5. The van der Waals surface area contributed by atoms with Crippen molar-refractivity contribution < 1.29 is 4.42 Å². The Bertz CT molecular complexity index is 943. The third kappa shape index (κ3) is 1.81. The van der Waals surface area contributed by atoms with Crippen molar-refractivity contribution in [1.29, 1.82) is 0 Å². The first-order chi connectivity index (χ1) is 11.5. The van der Waals surface area contributed by atoms with Crippen LogP contribution >= 0.6 is 0 Å². The smallest absolute Gasteiger partial charge is 0.135 e. The molecular weight excluding hydrogens is 294 g/mol. The van der Waals surface area contributed by atoms with Gasteiger partial charge in [0.05, 0.1) is 6.54 Å². The van der Waals surface area contributed by atoms with Crippen molar-refractivity contribution in [3.63, 3.8) is 0 Å². The molecule has 122 valence electrons. The van der Waals surface area contributed by atoms with Gasteiger partial charge in [-0.25, -0.2) is 0 Å². The number of fused-ring (bicyclic) bond motifs is 6. The number of rotatable bonds is 1. The van der Waals surface area contributed by atoms with Crippen LogP contribution in [-0.2, 0) is 5.41 Å². The van der Waals surface area contributed by atoms with Crippen molar-refractivity contribution >= 4 is 21.9 Å². The molecule has 3 fully saturated rings. The second kappa shape index (κ2) is 4.64. The van der Waals surface area contributed by atoms with Crippen LogP contribution in [0.1, 0.15) is 43.7 Å². The molecule has 0 N–H and O–H groups in total. The molecule has 2 aliphatic heterocycles. The summed E-state index contributed by atoms with van der Waals surface area (Å²) in [6.45, 7) is 8.44. The van der Waals surface area contributed by atoms with Crippen molar-refractivity contribution in [3.8, 4) is 0 Å². The summed E-state index contributed by atoms with van der Waals surface area (Å²) in [6, 6.07) is 12.9. The molecule has 1 aliphatic carbocycles. The Morgan fingerprint density at radius 3 is 2.50 bits per heavy atom. The van der Waals surface area contributed by atoms with Gasteiger partial charge in [-0.15, -0.1) is 0 Å². The number of furan rings is 1. The second-order valence-corrected chi connectivity index (χ2v) is 8.01. The highest BCUT2D eigenvalue weighted by atomic mass is 16.3. The van der Waals surface area contributed by atoms with Gasteiger partial charge in [-0.05, 0) is 75.9 Å². The van der Waals surface area contributed by atoms with Gasteiger partial charge in [0.1, 0.15) is 11.2 Å². The molecule has 1 aromatic heterocycles. The number of benzene rings is 2. The van der Waals surface area contributed by atoms with Gasteiger partial charge < -0.3 is 4.42 Å². The average molecular weight is 317 g/mol. The fourth-order valence-corrected chi connectivity index (χ4v) is 4.84. The van der Waals surface area contributed by atoms with Crippen molar-refractivity contribution in [1.82, 2.24) is 4.90 Å². The highest BCUT2D eigenvalue weighted by Gasteiger charge is 2.51. The standard InChI is InChI=1S/C22H23NO/c1-15-12-17-16-6-4-5-7-19(16)24-20(17)13-18(15)22-10-8-21(2,9-11-22)23(3)14-22/h4-7,12-13H,8-11H2,1-3H3. The van der Waals surface area contributed by atoms with E-state index in [1.807, 2.05) is 6.07 Å². The third-order valence-electron chi connectivity index (χ3n) is 6.61. The van der Waals surface area contributed by atoms with Crippen molar-refractivity contribution in [2.24, 2.45) is 0 Å². The zero-order valence-corrected chi connectivity index (χ0v) is 14.6. The lowest BCUT2D eigenvalue weighted by atomic mass is 9.59. The molecule has 2 heteroatoms. The average Bonchev–Trinajstić information content (AvgIpc) is 2.94. The SMILES string of the molecule is Cc1cc2c(cc1C13[C]N(C)C(C)(CC1)CC3)oc1ccccc12. The van der Waals surface area contributed by atoms with Crippen LogP contribution in [-0.4, -0.2) is 17.5 Å². The van der Waals surface area contributed by atoms with Crippen LogP contribution in [0.25, 0.3) is 21.9 Å². The normalized spacial score (nSPS) is 30.5. The predicted octanol–water partition coefficient (Wildman–Crippen LogP) is 5.45. The number of hydrogen-bond donors (Lipinski definition) is 0. The molecule has 3 heterocycles. The van der Waals surface area contributed by atoms with Gasteiger partial charge in [-0.3, -0.25) is 4.90 Å². The van der Waals surface area contributed by atoms with E-state index in [0.29, 0.717) is 5.54 Å². The Hall–Kier alpha value is -1.80. The summed E-state index contributed by atoms with van der Waals surface area (Å²) in [5.41, 5.74) is 5.12. The molecule has 3 aliphatic rings. The van der Waals surface area contributed by atoms with E-state index in [1.54, 1.807) is 0 Å². The first kappa shape index (κ1) is 14.5. The largest absolute Gasteiger partial charge is 0.456 e. The first-order valence-corrected chi connectivity index (χ1v) is 8.95. The van der Waals surface area contributed by atoms with Crippen LogP contribution in [0.15, 0.2) is 40.8 Å². The minimum absolute atomic E-state index is 0.0593. The van der Waals surface area contributed by atoms with Crippen molar-refractivity contribution in [2.75, 3.05) is 7.05 Å². The van der Waals surface area contributed by atoms with Gasteiger partial charge in [0.15, 0.2) is 0 Å². The van der Waals surface area contributed by atoms with Gasteiger partial charge in [0.2, 0.25) is 0 Å². The van der Waals surface area contributed by atoms with Crippen molar-refractivity contribution in [2.45, 2.75) is 50.5 Å². The minimum Gasteiger partial charge on any atom is -0.456 e. The topological polar surface area (TPSA) is 16.4 Å². The van der Waals surface area contributed by atoms with E-state index in [9.17, 15) is 0 Å². The number of nitrogens with zero attached hydrogens (tertiary/aromatic N) is 1. The molecule has 6 rings (SSSR count). The molecule has 0 unspecified atom stereocenters. The number of piperidine rings is 2. The molecule has 24 heavy (non-hydrogen) atoms. The first-order valence-electron chi connectivity index (χ1n) is 8.95. The monoisotopic (exact) mass is 317 g/mol. The number of likely N-dealkylation sites (N-methyl/N-ethyl adjacent to an activating group) is 1. The van der Waals surface area contributed by atoms with Crippen LogP contribution in [0, 0.1) is 13.5 Å². The Balaban J connectivity index is 1.70. The van der Waals surface area contributed by atoms with E-state index in [2.05, 4.69) is 62.7 Å². The summed E-state index contributed by atoms with van der Waals surface area (Å²) < 4.78 is 6.15. The van der Waals surface area contributed by atoms with Gasteiger partial charge >= 0.3 is 0 Å². The van der Waals surface area contributed by atoms with Gasteiger partial charge in [-0.2, -0.15) is 0 Å². The van der Waals surface area contributed by atoms with E-state index in [-0.39, 0.29) is 5.41 Å². The van der Waals surface area contributed by atoms with Crippen LogP contribution in [0.2, 0.25) is 0 Å². The lowest BCUT2D eigenvalue weighted by molar-refractivity contribution is 0.0161. The fraction of sp³-hybridized carbons (Fsp3) is 0.409. The van der Waals surface area contributed by atoms with Crippen LogP contribution in [0.5, 0.6) is 0 Å². The molecule has 0 spiro atoms. The van der Waals surface area contributed by atoms with E-state index in [0.717, 1.165) is 11.2 Å². The van der Waals surface area contributed by atoms with Crippen LogP contribution in [0.4, 0.5) is 0 Å². The molecule has 2 aromatic carbocycles. The maximum absolute atomic E-state index is 6.15. The number of aryl methyl sites for hydroxylation is 1. The summed E-state index contributed by atoms with van der Waals surface area (Å²) in [4.78, 5) is 2.35. The summed E-state index contributed by atoms with van der Waals surface area (Å²) in [5.74, 6) is 0. The predicted molar refractivity (Wildman–Crippen MR) is 98.0 cm³/mol.